The van der Waals surface area contributed by atoms with Gasteiger partial charge in [0.05, 0.1) is 66.3 Å². The molecule has 0 aliphatic rings. The highest BCUT2D eigenvalue weighted by Gasteiger charge is 2.00. The second kappa shape index (κ2) is 9.15. The van der Waals surface area contributed by atoms with Crippen LogP contribution < -0.4 is 0 Å². The normalized spacial score (nSPS) is 10.5. The number of fused-ring (bicyclic) bond motifs is 3. The number of nitrogens with zero attached hydrogens (tertiary/aromatic N) is 9. The minimum Gasteiger partial charge on any atom is -0.243 e. The van der Waals surface area contributed by atoms with Gasteiger partial charge in [0, 0.05) is 0 Å². The SMILES string of the molecule is Cc1nc2cnncc2s1.Cc1nncc2ncsc12.Cc1nncc2scnc12. The van der Waals surface area contributed by atoms with E-state index in [4.69, 9.17) is 0 Å². The Morgan fingerprint density at radius 3 is 2.17 bits per heavy atom. The quantitative estimate of drug-likeness (QED) is 0.334. The number of hydrogen-bond donors (Lipinski definition) is 0. The predicted octanol–water partition coefficient (Wildman–Crippen LogP) is 4.18. The maximum Gasteiger partial charge on any atom is 0.106 e. The van der Waals surface area contributed by atoms with Crippen LogP contribution in [0.1, 0.15) is 16.4 Å². The first kappa shape index (κ1) is 20.2. The van der Waals surface area contributed by atoms with Gasteiger partial charge in [-0.1, -0.05) is 0 Å². The molecule has 0 N–H and O–H groups in total. The van der Waals surface area contributed by atoms with Gasteiger partial charge >= 0.3 is 0 Å². The number of aryl methyl sites for hydroxylation is 3. The van der Waals surface area contributed by atoms with Gasteiger partial charge in [-0.15, -0.1) is 34.0 Å². The number of rotatable bonds is 0. The van der Waals surface area contributed by atoms with Crippen LogP contribution in [0, 0.1) is 20.8 Å². The molecule has 0 aromatic carbocycles. The van der Waals surface area contributed by atoms with Gasteiger partial charge in [0.1, 0.15) is 16.6 Å². The van der Waals surface area contributed by atoms with E-state index >= 15 is 0 Å². The van der Waals surface area contributed by atoms with Crippen molar-refractivity contribution in [3.8, 4) is 0 Å². The van der Waals surface area contributed by atoms with Crippen molar-refractivity contribution in [3.63, 3.8) is 0 Å². The first-order chi connectivity index (χ1) is 14.6. The lowest BCUT2D eigenvalue weighted by molar-refractivity contribution is 0.999. The molecule has 6 rings (SSSR count). The summed E-state index contributed by atoms with van der Waals surface area (Å²) in [6.07, 6.45) is 6.83. The molecule has 0 atom stereocenters. The van der Waals surface area contributed by atoms with Gasteiger partial charge < -0.3 is 0 Å². The zero-order valence-corrected chi connectivity index (χ0v) is 18.7. The molecule has 0 spiro atoms. The smallest absolute Gasteiger partial charge is 0.106 e. The van der Waals surface area contributed by atoms with Crippen molar-refractivity contribution < 1.29 is 0 Å². The Balaban J connectivity index is 0.000000109. The van der Waals surface area contributed by atoms with Crippen LogP contribution in [-0.2, 0) is 0 Å². The largest absolute Gasteiger partial charge is 0.243 e. The summed E-state index contributed by atoms with van der Waals surface area (Å²) in [7, 11) is 0. The Bertz CT molecular complexity index is 1300. The van der Waals surface area contributed by atoms with Crippen molar-refractivity contribution in [3.05, 3.63) is 52.2 Å². The summed E-state index contributed by atoms with van der Waals surface area (Å²) in [5.74, 6) is 0. The van der Waals surface area contributed by atoms with Gasteiger partial charge in [-0.2, -0.15) is 30.6 Å². The molecule has 0 aliphatic carbocycles. The van der Waals surface area contributed by atoms with E-state index in [0.29, 0.717) is 0 Å². The molecular weight excluding hydrogens is 438 g/mol. The third kappa shape index (κ3) is 4.56. The number of thiazole rings is 3. The van der Waals surface area contributed by atoms with Crippen LogP contribution >= 0.6 is 34.0 Å². The van der Waals surface area contributed by atoms with Crippen LogP contribution in [0.2, 0.25) is 0 Å². The third-order valence-corrected chi connectivity index (χ3v) is 6.48. The van der Waals surface area contributed by atoms with E-state index in [1.807, 2.05) is 20.8 Å². The number of aromatic nitrogens is 9. The molecule has 12 heteroatoms. The molecule has 6 aromatic rings. The molecule has 0 unspecified atom stereocenters. The molecule has 0 saturated carbocycles. The van der Waals surface area contributed by atoms with Crippen molar-refractivity contribution in [1.82, 2.24) is 45.5 Å². The lowest BCUT2D eigenvalue weighted by Crippen LogP contribution is -1.84. The molecule has 150 valence electrons. The highest BCUT2D eigenvalue weighted by Crippen LogP contribution is 2.19. The summed E-state index contributed by atoms with van der Waals surface area (Å²) in [4.78, 5) is 12.5. The third-order valence-electron chi connectivity index (χ3n) is 3.84. The average molecular weight is 454 g/mol. The summed E-state index contributed by atoms with van der Waals surface area (Å²) >= 11 is 4.83. The van der Waals surface area contributed by atoms with E-state index in [1.54, 1.807) is 69.8 Å². The molecule has 0 amide bonds. The first-order valence-electron chi connectivity index (χ1n) is 8.68. The highest BCUT2D eigenvalue weighted by molar-refractivity contribution is 7.18. The van der Waals surface area contributed by atoms with Gasteiger partial charge in [-0.05, 0) is 20.8 Å². The molecule has 6 aromatic heterocycles. The highest BCUT2D eigenvalue weighted by atomic mass is 32.1. The molecular formula is C18H15N9S3. The fourth-order valence-electron chi connectivity index (χ4n) is 2.48. The van der Waals surface area contributed by atoms with Crippen molar-refractivity contribution in [1.29, 1.82) is 0 Å². The second-order valence-corrected chi connectivity index (χ2v) is 8.94. The maximum atomic E-state index is 4.23. The summed E-state index contributed by atoms with van der Waals surface area (Å²) in [6.45, 7) is 5.83. The number of hydrogen-bond acceptors (Lipinski definition) is 12. The van der Waals surface area contributed by atoms with Crippen LogP contribution in [0.3, 0.4) is 0 Å². The second-order valence-electron chi connectivity index (χ2n) is 5.96. The fourth-order valence-corrected chi connectivity index (χ4v) is 4.65. The van der Waals surface area contributed by atoms with Crippen molar-refractivity contribution in [2.75, 3.05) is 0 Å². The van der Waals surface area contributed by atoms with Crippen LogP contribution in [0.5, 0.6) is 0 Å². The van der Waals surface area contributed by atoms with Gasteiger partial charge in [-0.25, -0.2) is 15.0 Å². The lowest BCUT2D eigenvalue weighted by Gasteiger charge is -1.87. The summed E-state index contributed by atoms with van der Waals surface area (Å²) in [5.41, 5.74) is 8.33. The van der Waals surface area contributed by atoms with E-state index < -0.39 is 0 Å². The minimum atomic E-state index is 0.902. The first-order valence-corrected chi connectivity index (χ1v) is 11.3. The van der Waals surface area contributed by atoms with E-state index in [0.717, 1.165) is 47.0 Å². The van der Waals surface area contributed by atoms with Crippen molar-refractivity contribution in [2.45, 2.75) is 20.8 Å². The van der Waals surface area contributed by atoms with Crippen molar-refractivity contribution >= 4 is 64.7 Å². The molecule has 6 heterocycles. The lowest BCUT2D eigenvalue weighted by atomic mass is 10.4. The molecule has 30 heavy (non-hydrogen) atoms. The zero-order chi connectivity index (χ0) is 20.9. The van der Waals surface area contributed by atoms with E-state index in [1.165, 1.54) is 0 Å². The molecule has 0 radical (unpaired) electrons. The average Bonchev–Trinajstić information content (AvgIpc) is 3.48. The topological polar surface area (TPSA) is 116 Å². The van der Waals surface area contributed by atoms with Crippen LogP contribution in [0.15, 0.2) is 35.8 Å². The minimum absolute atomic E-state index is 0.902. The van der Waals surface area contributed by atoms with Crippen molar-refractivity contribution in [2.24, 2.45) is 0 Å². The molecule has 9 nitrogen and oxygen atoms in total. The van der Waals surface area contributed by atoms with Gasteiger partial charge in [0.25, 0.3) is 0 Å². The van der Waals surface area contributed by atoms with Gasteiger partial charge in [0.15, 0.2) is 0 Å². The monoisotopic (exact) mass is 453 g/mol. The molecule has 0 fully saturated rings. The predicted molar refractivity (Wildman–Crippen MR) is 120 cm³/mol. The molecule has 0 saturated heterocycles. The van der Waals surface area contributed by atoms with Crippen LogP contribution in [-0.4, -0.2) is 45.5 Å². The fraction of sp³-hybridized carbons (Fsp3) is 0.167. The Morgan fingerprint density at radius 2 is 1.37 bits per heavy atom. The van der Waals surface area contributed by atoms with Crippen LogP contribution in [0.25, 0.3) is 30.6 Å². The molecule has 0 bridgehead atoms. The van der Waals surface area contributed by atoms with E-state index in [2.05, 4.69) is 45.5 Å². The van der Waals surface area contributed by atoms with Crippen LogP contribution in [0.4, 0.5) is 0 Å². The standard InChI is InChI=1S/3C6H5N3S/c1-4-6-5(2-8-9-4)10-3-7-6;1-4-6-5(2-8-9-4)7-3-10-6;1-4-9-5-2-7-8-3-6(5)10-4/h3*2-3H,1H3. The Morgan fingerprint density at radius 1 is 0.667 bits per heavy atom. The summed E-state index contributed by atoms with van der Waals surface area (Å²) < 4.78 is 3.34. The summed E-state index contributed by atoms with van der Waals surface area (Å²) in [5, 5.41) is 23.9. The van der Waals surface area contributed by atoms with Gasteiger partial charge in [-0.3, -0.25) is 0 Å². The Labute approximate surface area is 183 Å². The Hall–Kier alpha value is -3.09. The summed E-state index contributed by atoms with van der Waals surface area (Å²) in [6, 6.07) is 0. The van der Waals surface area contributed by atoms with E-state index in [-0.39, 0.29) is 0 Å². The van der Waals surface area contributed by atoms with E-state index in [9.17, 15) is 0 Å². The zero-order valence-electron chi connectivity index (χ0n) is 16.2. The Kier molecular flexibility index (Phi) is 6.16. The van der Waals surface area contributed by atoms with Gasteiger partial charge in [0.2, 0.25) is 0 Å². The molecule has 0 aliphatic heterocycles. The maximum absolute atomic E-state index is 4.23.